The summed E-state index contributed by atoms with van der Waals surface area (Å²) in [5.41, 5.74) is 1.87. The highest BCUT2D eigenvalue weighted by Gasteiger charge is 2.08. The number of carbonyl (C=O) groups excluding carboxylic acids is 1. The topological polar surface area (TPSA) is 59.9 Å². The van der Waals surface area contributed by atoms with Crippen molar-refractivity contribution in [2.24, 2.45) is 5.16 Å². The van der Waals surface area contributed by atoms with Gasteiger partial charge in [-0.1, -0.05) is 33.2 Å². The van der Waals surface area contributed by atoms with Crippen LogP contribution in [0.3, 0.4) is 0 Å². The van der Waals surface area contributed by atoms with E-state index in [-0.39, 0.29) is 18.3 Å². The Balaban J connectivity index is 1.88. The molecule has 1 N–H and O–H groups in total. The molecule has 0 heterocycles. The third kappa shape index (κ3) is 6.15. The van der Waals surface area contributed by atoms with E-state index in [4.69, 9.17) is 4.84 Å². The van der Waals surface area contributed by atoms with E-state index in [0.717, 1.165) is 10.0 Å². The average Bonchev–Trinajstić information content (AvgIpc) is 2.55. The molecule has 0 aromatic heterocycles. The van der Waals surface area contributed by atoms with Crippen LogP contribution in [-0.4, -0.2) is 25.3 Å². The van der Waals surface area contributed by atoms with Gasteiger partial charge in [-0.15, -0.1) is 0 Å². The molecule has 132 valence electrons. The first kappa shape index (κ1) is 18.9. The molecule has 0 aliphatic carbocycles. The van der Waals surface area contributed by atoms with E-state index in [1.165, 1.54) is 18.3 Å². The molecule has 8 heteroatoms. The zero-order valence-electron chi connectivity index (χ0n) is 13.2. The third-order valence-electron chi connectivity index (χ3n) is 3.06. The van der Waals surface area contributed by atoms with Crippen LogP contribution in [0.2, 0.25) is 0 Å². The van der Waals surface area contributed by atoms with Gasteiger partial charge in [0.2, 0.25) is 0 Å². The number of nitrogens with zero attached hydrogens (tertiary/aromatic N) is 1. The molecule has 2 aromatic rings. The highest BCUT2D eigenvalue weighted by atomic mass is 79.9. The summed E-state index contributed by atoms with van der Waals surface area (Å²) in [6.07, 6.45) is 1.20. The Kier molecular flexibility index (Phi) is 6.88. The molecule has 5 nitrogen and oxygen atoms in total. The molecule has 25 heavy (non-hydrogen) atoms. The lowest BCUT2D eigenvalue weighted by Crippen LogP contribution is -2.17. The minimum absolute atomic E-state index is 0.0280. The van der Waals surface area contributed by atoms with Crippen LogP contribution in [0.1, 0.15) is 11.1 Å². The molecule has 0 aliphatic heterocycles. The average molecular weight is 413 g/mol. The lowest BCUT2D eigenvalue weighted by Gasteiger charge is -2.08. The van der Waals surface area contributed by atoms with Crippen molar-refractivity contribution in [1.29, 1.82) is 0 Å². The van der Waals surface area contributed by atoms with Crippen LogP contribution >= 0.6 is 15.9 Å². The summed E-state index contributed by atoms with van der Waals surface area (Å²) in [7, 11) is 0. The number of rotatable bonds is 7. The minimum Gasteiger partial charge on any atom is -0.434 e. The second kappa shape index (κ2) is 9.12. The van der Waals surface area contributed by atoms with Gasteiger partial charge in [0.1, 0.15) is 5.75 Å². The highest BCUT2D eigenvalue weighted by molar-refractivity contribution is 9.10. The molecular weight excluding hydrogens is 398 g/mol. The van der Waals surface area contributed by atoms with Crippen molar-refractivity contribution in [1.82, 2.24) is 0 Å². The van der Waals surface area contributed by atoms with Gasteiger partial charge in [0, 0.05) is 15.7 Å². The Morgan fingerprint density at radius 2 is 2.08 bits per heavy atom. The van der Waals surface area contributed by atoms with Gasteiger partial charge in [0.05, 0.1) is 6.21 Å². The summed E-state index contributed by atoms with van der Waals surface area (Å²) in [5, 5.41) is 6.30. The summed E-state index contributed by atoms with van der Waals surface area (Å²) >= 11 is 3.34. The number of hydrogen-bond donors (Lipinski definition) is 1. The van der Waals surface area contributed by atoms with E-state index in [1.54, 1.807) is 18.2 Å². The summed E-state index contributed by atoms with van der Waals surface area (Å²) in [4.78, 5) is 16.7. The maximum absolute atomic E-state index is 12.3. The fourth-order valence-electron chi connectivity index (χ4n) is 1.93. The predicted molar refractivity (Wildman–Crippen MR) is 94.1 cm³/mol. The van der Waals surface area contributed by atoms with Crippen LogP contribution in [0.15, 0.2) is 52.1 Å². The number of hydrogen-bond acceptors (Lipinski definition) is 4. The summed E-state index contributed by atoms with van der Waals surface area (Å²) < 4.78 is 29.9. The quantitative estimate of drug-likeness (QED) is 0.543. The second-order valence-corrected chi connectivity index (χ2v) is 5.85. The number of benzene rings is 2. The summed E-state index contributed by atoms with van der Waals surface area (Å²) in [6, 6.07) is 11.6. The number of carbonyl (C=O) groups is 1. The first-order chi connectivity index (χ1) is 12.0. The van der Waals surface area contributed by atoms with Gasteiger partial charge in [-0.25, -0.2) is 0 Å². The molecule has 0 bridgehead atoms. The molecule has 0 spiro atoms. The van der Waals surface area contributed by atoms with E-state index in [9.17, 15) is 13.6 Å². The van der Waals surface area contributed by atoms with E-state index >= 15 is 0 Å². The maximum Gasteiger partial charge on any atom is 0.387 e. The van der Waals surface area contributed by atoms with E-state index in [2.05, 4.69) is 31.1 Å². The second-order valence-electron chi connectivity index (χ2n) is 4.93. The Bertz CT molecular complexity index is 769. The summed E-state index contributed by atoms with van der Waals surface area (Å²) in [5.74, 6) is -0.417. The Morgan fingerprint density at radius 3 is 2.80 bits per heavy atom. The molecule has 0 fully saturated rings. The lowest BCUT2D eigenvalue weighted by molar-refractivity contribution is -0.120. The van der Waals surface area contributed by atoms with E-state index in [0.29, 0.717) is 11.3 Å². The first-order valence-corrected chi connectivity index (χ1v) is 8.00. The Morgan fingerprint density at radius 1 is 1.32 bits per heavy atom. The highest BCUT2D eigenvalue weighted by Crippen LogP contribution is 2.20. The number of para-hydroxylation sites is 1. The van der Waals surface area contributed by atoms with Crippen LogP contribution in [0.4, 0.5) is 14.5 Å². The molecule has 0 saturated heterocycles. The number of halogens is 3. The van der Waals surface area contributed by atoms with E-state index in [1.807, 2.05) is 19.1 Å². The Labute approximate surface area is 151 Å². The molecule has 1 amide bonds. The first-order valence-electron chi connectivity index (χ1n) is 7.21. The number of oxime groups is 1. The molecule has 0 unspecified atom stereocenters. The number of anilines is 1. The van der Waals surface area contributed by atoms with Crippen molar-refractivity contribution in [3.63, 3.8) is 0 Å². The van der Waals surface area contributed by atoms with Crippen molar-refractivity contribution in [3.8, 4) is 5.75 Å². The fraction of sp³-hybridized carbons (Fsp3) is 0.176. The van der Waals surface area contributed by atoms with Gasteiger partial charge < -0.3 is 14.9 Å². The normalized spacial score (nSPS) is 10.9. The lowest BCUT2D eigenvalue weighted by atomic mass is 10.2. The van der Waals surface area contributed by atoms with Crippen LogP contribution < -0.4 is 10.1 Å². The van der Waals surface area contributed by atoms with Gasteiger partial charge in [-0.3, -0.25) is 4.79 Å². The number of alkyl halides is 2. The molecule has 2 rings (SSSR count). The van der Waals surface area contributed by atoms with Gasteiger partial charge in [-0.05, 0) is 42.8 Å². The molecule has 0 radical (unpaired) electrons. The third-order valence-corrected chi connectivity index (χ3v) is 3.55. The van der Waals surface area contributed by atoms with Crippen molar-refractivity contribution in [2.75, 3.05) is 11.9 Å². The molecule has 0 saturated carbocycles. The van der Waals surface area contributed by atoms with E-state index < -0.39 is 6.61 Å². The van der Waals surface area contributed by atoms with Crippen molar-refractivity contribution >= 4 is 33.7 Å². The number of ether oxygens (including phenoxy) is 1. The summed E-state index contributed by atoms with van der Waals surface area (Å²) in [6.45, 7) is -1.39. The van der Waals surface area contributed by atoms with Gasteiger partial charge in [0.25, 0.3) is 5.91 Å². The molecular formula is C17H15BrF2N2O3. The molecule has 2 aromatic carbocycles. The van der Waals surface area contributed by atoms with Gasteiger partial charge in [-0.2, -0.15) is 8.78 Å². The monoisotopic (exact) mass is 412 g/mol. The fourth-order valence-corrected chi connectivity index (χ4v) is 2.41. The van der Waals surface area contributed by atoms with Crippen LogP contribution in [-0.2, 0) is 9.63 Å². The molecule has 0 aliphatic rings. The number of aryl methyl sites for hydroxylation is 1. The zero-order chi connectivity index (χ0) is 18.2. The van der Waals surface area contributed by atoms with Crippen LogP contribution in [0.5, 0.6) is 5.75 Å². The zero-order valence-corrected chi connectivity index (χ0v) is 14.8. The van der Waals surface area contributed by atoms with Gasteiger partial charge >= 0.3 is 6.61 Å². The number of nitrogens with one attached hydrogen (secondary N) is 1. The molecule has 0 atom stereocenters. The number of amides is 1. The van der Waals surface area contributed by atoms with Crippen LogP contribution in [0.25, 0.3) is 0 Å². The largest absolute Gasteiger partial charge is 0.434 e. The standard InChI is InChI=1S/C17H15BrF2N2O3/c1-11-8-13(18)6-7-14(11)22-16(23)10-24-21-9-12-4-2-3-5-15(12)25-17(19)20/h2-9,17H,10H2,1H3,(H,22,23)/b21-9+. The van der Waals surface area contributed by atoms with Crippen LogP contribution in [0, 0.1) is 6.92 Å². The van der Waals surface area contributed by atoms with Crippen molar-refractivity contribution in [2.45, 2.75) is 13.5 Å². The predicted octanol–water partition coefficient (Wildman–Crippen LogP) is 4.35. The van der Waals surface area contributed by atoms with Crippen molar-refractivity contribution < 1.29 is 23.1 Å². The smallest absolute Gasteiger partial charge is 0.387 e. The van der Waals surface area contributed by atoms with Gasteiger partial charge in [0.15, 0.2) is 6.61 Å². The Hall–Kier alpha value is -2.48. The SMILES string of the molecule is Cc1cc(Br)ccc1NC(=O)CO/N=C/c1ccccc1OC(F)F. The maximum atomic E-state index is 12.3. The minimum atomic E-state index is -2.93. The van der Waals surface area contributed by atoms with Crippen molar-refractivity contribution in [3.05, 3.63) is 58.1 Å².